The molecule has 2 fully saturated rings. The number of carbonyl (C=O) groups excluding carboxylic acids is 1. The maximum absolute atomic E-state index is 13.8. The number of benzene rings is 1. The van der Waals surface area contributed by atoms with E-state index in [0.717, 1.165) is 35.8 Å². The molecule has 0 unspecified atom stereocenters. The SMILES string of the molecule is CC(C)O[C@H]1CC[C@H](C(=O)N2Cc3cccnc3Nc3ccc([C@H]4COC[C@H]4C)cc32)OC1. The van der Waals surface area contributed by atoms with E-state index in [1.165, 1.54) is 5.56 Å². The molecule has 4 heterocycles. The predicted molar refractivity (Wildman–Crippen MR) is 127 cm³/mol. The van der Waals surface area contributed by atoms with Crippen molar-refractivity contribution in [2.45, 2.75) is 64.4 Å². The van der Waals surface area contributed by atoms with E-state index in [9.17, 15) is 4.79 Å². The Labute approximate surface area is 195 Å². The van der Waals surface area contributed by atoms with E-state index in [1.807, 2.05) is 30.9 Å². The van der Waals surface area contributed by atoms with Gasteiger partial charge >= 0.3 is 0 Å². The lowest BCUT2D eigenvalue weighted by Gasteiger charge is -2.33. The van der Waals surface area contributed by atoms with E-state index < -0.39 is 6.10 Å². The summed E-state index contributed by atoms with van der Waals surface area (Å²) in [5.41, 5.74) is 3.94. The molecule has 2 aromatic rings. The second kappa shape index (κ2) is 9.41. The van der Waals surface area contributed by atoms with Gasteiger partial charge in [0.2, 0.25) is 0 Å². The predicted octanol–water partition coefficient (Wildman–Crippen LogP) is 4.39. The molecule has 176 valence electrons. The highest BCUT2D eigenvalue weighted by atomic mass is 16.5. The first-order valence-electron chi connectivity index (χ1n) is 12.0. The molecule has 3 aliphatic rings. The molecule has 7 heteroatoms. The Kier molecular flexibility index (Phi) is 6.36. The highest BCUT2D eigenvalue weighted by Gasteiger charge is 2.35. The molecule has 3 aliphatic heterocycles. The zero-order chi connectivity index (χ0) is 22.9. The third-order valence-corrected chi connectivity index (χ3v) is 6.82. The minimum Gasteiger partial charge on any atom is -0.381 e. The molecule has 33 heavy (non-hydrogen) atoms. The van der Waals surface area contributed by atoms with Crippen molar-refractivity contribution in [2.75, 3.05) is 30.0 Å². The molecule has 0 bridgehead atoms. The number of aromatic nitrogens is 1. The number of rotatable bonds is 4. The highest BCUT2D eigenvalue weighted by molar-refractivity contribution is 6.01. The van der Waals surface area contributed by atoms with Gasteiger partial charge in [0.15, 0.2) is 0 Å². The van der Waals surface area contributed by atoms with Crippen LogP contribution in [0.2, 0.25) is 0 Å². The summed E-state index contributed by atoms with van der Waals surface area (Å²) in [6.07, 6.45) is 2.98. The van der Waals surface area contributed by atoms with Gasteiger partial charge in [-0.15, -0.1) is 0 Å². The summed E-state index contributed by atoms with van der Waals surface area (Å²) in [7, 11) is 0. The number of ether oxygens (including phenoxy) is 3. The number of anilines is 3. The number of pyridine rings is 1. The fourth-order valence-electron chi connectivity index (χ4n) is 5.04. The topological polar surface area (TPSA) is 72.9 Å². The molecule has 1 aromatic carbocycles. The Bertz CT molecular complexity index is 1000. The van der Waals surface area contributed by atoms with Crippen LogP contribution >= 0.6 is 0 Å². The zero-order valence-electron chi connectivity index (χ0n) is 19.6. The Morgan fingerprint density at radius 1 is 1.21 bits per heavy atom. The van der Waals surface area contributed by atoms with E-state index in [-0.39, 0.29) is 18.1 Å². The molecule has 2 saturated heterocycles. The summed E-state index contributed by atoms with van der Waals surface area (Å²) in [6.45, 7) is 8.65. The number of amides is 1. The van der Waals surface area contributed by atoms with Gasteiger partial charge in [0, 0.05) is 24.3 Å². The van der Waals surface area contributed by atoms with E-state index in [0.29, 0.717) is 38.0 Å². The monoisotopic (exact) mass is 451 g/mol. The first-order valence-corrected chi connectivity index (χ1v) is 12.0. The number of carbonyl (C=O) groups is 1. The van der Waals surface area contributed by atoms with Crippen LogP contribution in [0.15, 0.2) is 36.5 Å². The van der Waals surface area contributed by atoms with Gasteiger partial charge in [0.25, 0.3) is 5.91 Å². The molecule has 0 spiro atoms. The van der Waals surface area contributed by atoms with E-state index >= 15 is 0 Å². The van der Waals surface area contributed by atoms with Gasteiger partial charge in [0.05, 0.1) is 43.3 Å². The largest absolute Gasteiger partial charge is 0.381 e. The van der Waals surface area contributed by atoms with Crippen LogP contribution < -0.4 is 10.2 Å². The number of hydrogen-bond acceptors (Lipinski definition) is 6. The van der Waals surface area contributed by atoms with Crippen molar-refractivity contribution in [1.82, 2.24) is 4.98 Å². The maximum Gasteiger partial charge on any atom is 0.256 e. The fourth-order valence-corrected chi connectivity index (χ4v) is 5.04. The van der Waals surface area contributed by atoms with Gasteiger partial charge in [-0.05, 0) is 56.4 Å². The van der Waals surface area contributed by atoms with Crippen molar-refractivity contribution in [3.05, 3.63) is 47.7 Å². The minimum atomic E-state index is -0.472. The second-order valence-corrected chi connectivity index (χ2v) is 9.66. The summed E-state index contributed by atoms with van der Waals surface area (Å²) in [5, 5.41) is 3.45. The van der Waals surface area contributed by atoms with Crippen molar-refractivity contribution in [3.63, 3.8) is 0 Å². The second-order valence-electron chi connectivity index (χ2n) is 9.66. The Morgan fingerprint density at radius 3 is 2.82 bits per heavy atom. The average Bonchev–Trinajstić information content (AvgIpc) is 3.16. The molecule has 0 saturated carbocycles. The third-order valence-electron chi connectivity index (χ3n) is 6.82. The standard InChI is InChI=1S/C26H33N3O4/c1-16(2)33-20-7-9-24(32-14-20)26(30)29-12-19-5-4-10-27-25(19)28-22-8-6-18(11-23(22)29)21-15-31-13-17(21)3/h4-6,8,10-11,16-17,20-21,24H,7,9,12-15H2,1-3H3,(H,27,28)/t17-,20+,21+,24-/m1/s1. The van der Waals surface area contributed by atoms with E-state index in [4.69, 9.17) is 14.2 Å². The van der Waals surface area contributed by atoms with Gasteiger partial charge in [-0.1, -0.05) is 19.1 Å². The summed E-state index contributed by atoms with van der Waals surface area (Å²) in [5.74, 6) is 1.56. The van der Waals surface area contributed by atoms with Crippen LogP contribution in [0, 0.1) is 5.92 Å². The van der Waals surface area contributed by atoms with Gasteiger partial charge in [-0.3, -0.25) is 4.79 Å². The average molecular weight is 452 g/mol. The summed E-state index contributed by atoms with van der Waals surface area (Å²) < 4.78 is 17.6. The molecule has 1 amide bonds. The number of hydrogen-bond donors (Lipinski definition) is 1. The lowest BCUT2D eigenvalue weighted by atomic mass is 9.89. The summed E-state index contributed by atoms with van der Waals surface area (Å²) in [4.78, 5) is 20.2. The van der Waals surface area contributed by atoms with Crippen molar-refractivity contribution in [2.24, 2.45) is 5.92 Å². The van der Waals surface area contributed by atoms with Crippen LogP contribution in [-0.2, 0) is 25.5 Å². The van der Waals surface area contributed by atoms with Gasteiger partial charge in [-0.2, -0.15) is 0 Å². The van der Waals surface area contributed by atoms with Crippen LogP contribution in [-0.4, -0.2) is 49.0 Å². The van der Waals surface area contributed by atoms with Gasteiger partial charge in [-0.25, -0.2) is 4.98 Å². The van der Waals surface area contributed by atoms with Crippen molar-refractivity contribution < 1.29 is 19.0 Å². The molecule has 4 atom stereocenters. The first kappa shape index (κ1) is 22.3. The van der Waals surface area contributed by atoms with Crippen LogP contribution in [0.3, 0.4) is 0 Å². The number of fused-ring (bicyclic) bond motifs is 2. The van der Waals surface area contributed by atoms with Crippen LogP contribution in [0.4, 0.5) is 17.2 Å². The first-order chi connectivity index (χ1) is 16.0. The van der Waals surface area contributed by atoms with Crippen LogP contribution in [0.1, 0.15) is 50.7 Å². The van der Waals surface area contributed by atoms with E-state index in [1.54, 1.807) is 6.20 Å². The smallest absolute Gasteiger partial charge is 0.256 e. The molecule has 7 nitrogen and oxygen atoms in total. The van der Waals surface area contributed by atoms with Crippen molar-refractivity contribution >= 4 is 23.1 Å². The number of nitrogens with one attached hydrogen (secondary N) is 1. The Balaban J connectivity index is 1.45. The van der Waals surface area contributed by atoms with Crippen molar-refractivity contribution in [3.8, 4) is 0 Å². The summed E-state index contributed by atoms with van der Waals surface area (Å²) in [6, 6.07) is 10.3. The van der Waals surface area contributed by atoms with Gasteiger partial charge in [0.1, 0.15) is 11.9 Å². The van der Waals surface area contributed by atoms with Crippen molar-refractivity contribution in [1.29, 1.82) is 0 Å². The highest BCUT2D eigenvalue weighted by Crippen LogP contribution is 2.40. The third kappa shape index (κ3) is 4.63. The maximum atomic E-state index is 13.8. The van der Waals surface area contributed by atoms with Crippen LogP contribution in [0.25, 0.3) is 0 Å². The van der Waals surface area contributed by atoms with E-state index in [2.05, 4.69) is 35.4 Å². The molecule has 0 aliphatic carbocycles. The normalized spacial score (nSPS) is 27.0. The Hall–Kier alpha value is -2.48. The number of nitrogens with zero attached hydrogens (tertiary/aromatic N) is 2. The molecular formula is C26H33N3O4. The van der Waals surface area contributed by atoms with Crippen LogP contribution in [0.5, 0.6) is 0 Å². The minimum absolute atomic E-state index is 0.00868. The lowest BCUT2D eigenvalue weighted by Crippen LogP contribution is -2.44. The lowest BCUT2D eigenvalue weighted by molar-refractivity contribution is -0.143. The molecule has 5 rings (SSSR count). The molecule has 0 radical (unpaired) electrons. The fraction of sp³-hybridized carbons (Fsp3) is 0.538. The molecule has 1 N–H and O–H groups in total. The van der Waals surface area contributed by atoms with Gasteiger partial charge < -0.3 is 24.4 Å². The Morgan fingerprint density at radius 2 is 2.09 bits per heavy atom. The zero-order valence-corrected chi connectivity index (χ0v) is 19.6. The summed E-state index contributed by atoms with van der Waals surface area (Å²) >= 11 is 0. The molecule has 1 aromatic heterocycles. The quantitative estimate of drug-likeness (QED) is 0.743. The molecular weight excluding hydrogens is 418 g/mol.